The van der Waals surface area contributed by atoms with Crippen molar-refractivity contribution in [2.24, 2.45) is 0 Å². The van der Waals surface area contributed by atoms with E-state index in [1.165, 1.54) is 5.56 Å². The monoisotopic (exact) mass is 227 g/mol. The number of anilines is 1. The number of benzene rings is 1. The van der Waals surface area contributed by atoms with Crippen LogP contribution in [-0.2, 0) is 6.42 Å². The maximum Gasteiger partial charge on any atom is 0.171 e. The number of hydrogen-bond acceptors (Lipinski definition) is 4. The third-order valence-corrected chi connectivity index (χ3v) is 2.87. The van der Waals surface area contributed by atoms with Crippen molar-refractivity contribution in [3.05, 3.63) is 47.9 Å². The van der Waals surface area contributed by atoms with Crippen LogP contribution in [0.25, 0.3) is 0 Å². The quantitative estimate of drug-likeness (QED) is 0.854. The molecule has 1 aliphatic heterocycles. The molecule has 0 bridgehead atoms. The van der Waals surface area contributed by atoms with Crippen LogP contribution in [0.4, 0.5) is 5.82 Å². The second kappa shape index (κ2) is 4.05. The van der Waals surface area contributed by atoms with Gasteiger partial charge in [0.2, 0.25) is 0 Å². The predicted octanol–water partition coefficient (Wildman–Crippen LogP) is 2.19. The summed E-state index contributed by atoms with van der Waals surface area (Å²) in [5, 5.41) is 3.01. The van der Waals surface area contributed by atoms with Crippen LogP contribution in [0.1, 0.15) is 17.5 Å². The van der Waals surface area contributed by atoms with Crippen LogP contribution in [0.3, 0.4) is 0 Å². The van der Waals surface area contributed by atoms with E-state index < -0.39 is 0 Å². The molecular weight excluding hydrogens is 214 g/mol. The maximum absolute atomic E-state index is 5.84. The first-order valence-corrected chi connectivity index (χ1v) is 5.62. The van der Waals surface area contributed by atoms with Gasteiger partial charge in [-0.05, 0) is 17.7 Å². The largest absolute Gasteiger partial charge is 0.482 e. The molecule has 1 unspecified atom stereocenters. The summed E-state index contributed by atoms with van der Waals surface area (Å²) in [5.74, 6) is 2.48. The molecule has 1 aromatic heterocycles. The lowest BCUT2D eigenvalue weighted by atomic mass is 10.1. The lowest BCUT2D eigenvalue weighted by Gasteiger charge is -2.09. The van der Waals surface area contributed by atoms with E-state index in [9.17, 15) is 0 Å². The first-order valence-electron chi connectivity index (χ1n) is 5.62. The normalized spacial score (nSPS) is 17.4. The van der Waals surface area contributed by atoms with Crippen LogP contribution in [-0.4, -0.2) is 17.0 Å². The van der Waals surface area contributed by atoms with Gasteiger partial charge >= 0.3 is 0 Å². The van der Waals surface area contributed by atoms with E-state index in [1.807, 2.05) is 31.3 Å². The zero-order valence-electron chi connectivity index (χ0n) is 9.55. The van der Waals surface area contributed by atoms with Gasteiger partial charge in [0.05, 0.1) is 0 Å². The Balaban J connectivity index is 1.88. The lowest BCUT2D eigenvalue weighted by molar-refractivity contribution is 0.227. The summed E-state index contributed by atoms with van der Waals surface area (Å²) in [6.07, 6.45) is 2.52. The molecule has 1 aromatic carbocycles. The van der Waals surface area contributed by atoms with Gasteiger partial charge in [-0.15, -0.1) is 0 Å². The molecule has 0 aliphatic carbocycles. The molecule has 1 aliphatic rings. The van der Waals surface area contributed by atoms with Gasteiger partial charge in [-0.1, -0.05) is 18.2 Å². The summed E-state index contributed by atoms with van der Waals surface area (Å²) in [6, 6.07) is 9.90. The van der Waals surface area contributed by atoms with Gasteiger partial charge in [-0.2, -0.15) is 0 Å². The van der Waals surface area contributed by atoms with Crippen molar-refractivity contribution in [1.29, 1.82) is 0 Å². The second-order valence-corrected chi connectivity index (χ2v) is 3.97. The molecule has 2 heterocycles. The maximum atomic E-state index is 5.84. The molecule has 0 saturated carbocycles. The number of rotatable bonds is 2. The zero-order chi connectivity index (χ0) is 11.7. The van der Waals surface area contributed by atoms with Crippen molar-refractivity contribution < 1.29 is 4.74 Å². The topological polar surface area (TPSA) is 47.0 Å². The molecule has 17 heavy (non-hydrogen) atoms. The van der Waals surface area contributed by atoms with Gasteiger partial charge in [-0.25, -0.2) is 9.97 Å². The number of aromatic nitrogens is 2. The Labute approximate surface area is 99.7 Å². The fourth-order valence-electron chi connectivity index (χ4n) is 1.99. The van der Waals surface area contributed by atoms with Crippen molar-refractivity contribution in [3.8, 4) is 5.75 Å². The Morgan fingerprint density at radius 3 is 3.00 bits per heavy atom. The predicted molar refractivity (Wildman–Crippen MR) is 65.1 cm³/mol. The minimum Gasteiger partial charge on any atom is -0.482 e. The summed E-state index contributed by atoms with van der Waals surface area (Å²) >= 11 is 0. The average molecular weight is 227 g/mol. The number of fused-ring (bicyclic) bond motifs is 1. The molecule has 3 rings (SSSR count). The summed E-state index contributed by atoms with van der Waals surface area (Å²) in [5.41, 5.74) is 1.22. The van der Waals surface area contributed by atoms with Crippen LogP contribution in [0.2, 0.25) is 0 Å². The highest BCUT2D eigenvalue weighted by atomic mass is 16.5. The van der Waals surface area contributed by atoms with E-state index in [1.54, 1.807) is 6.20 Å². The molecule has 0 amide bonds. The van der Waals surface area contributed by atoms with Crippen molar-refractivity contribution in [3.63, 3.8) is 0 Å². The molecule has 1 atom stereocenters. The molecule has 1 N–H and O–H groups in total. The molecule has 2 aromatic rings. The fraction of sp³-hybridized carbons (Fsp3) is 0.231. The van der Waals surface area contributed by atoms with Crippen molar-refractivity contribution in [2.45, 2.75) is 12.5 Å². The Morgan fingerprint density at radius 1 is 1.29 bits per heavy atom. The highest BCUT2D eigenvalue weighted by Crippen LogP contribution is 2.34. The van der Waals surface area contributed by atoms with Gasteiger partial charge in [0.1, 0.15) is 11.6 Å². The Hall–Kier alpha value is -2.10. The standard InChI is InChI=1S/C13H13N3O/c1-14-12-6-7-15-13(16-12)11-8-9-4-2-3-5-10(9)17-11/h2-7,11H,8H2,1H3,(H,14,15,16). The number of hydrogen-bond donors (Lipinski definition) is 1. The Bertz CT molecular complexity index is 517. The summed E-state index contributed by atoms with van der Waals surface area (Å²) < 4.78 is 5.84. The van der Waals surface area contributed by atoms with Crippen molar-refractivity contribution >= 4 is 5.82 Å². The molecule has 4 heteroatoms. The van der Waals surface area contributed by atoms with Crippen molar-refractivity contribution in [2.75, 3.05) is 12.4 Å². The van der Waals surface area contributed by atoms with Gasteiger partial charge < -0.3 is 10.1 Å². The summed E-state index contributed by atoms with van der Waals surface area (Å²) in [7, 11) is 1.84. The van der Waals surface area contributed by atoms with E-state index >= 15 is 0 Å². The van der Waals surface area contributed by atoms with E-state index in [-0.39, 0.29) is 6.10 Å². The molecule has 86 valence electrons. The number of para-hydroxylation sites is 1. The van der Waals surface area contributed by atoms with Crippen LogP contribution in [0.5, 0.6) is 5.75 Å². The SMILES string of the molecule is CNc1ccnc(C2Cc3ccccc3O2)n1. The average Bonchev–Trinajstić information content (AvgIpc) is 2.82. The third kappa shape index (κ3) is 1.82. The highest BCUT2D eigenvalue weighted by molar-refractivity contribution is 5.39. The zero-order valence-corrected chi connectivity index (χ0v) is 9.55. The summed E-state index contributed by atoms with van der Waals surface area (Å²) in [6.45, 7) is 0. The first kappa shape index (κ1) is 10.1. The fourth-order valence-corrected chi connectivity index (χ4v) is 1.99. The van der Waals surface area contributed by atoms with E-state index in [2.05, 4.69) is 21.4 Å². The van der Waals surface area contributed by atoms with E-state index in [4.69, 9.17) is 4.74 Å². The summed E-state index contributed by atoms with van der Waals surface area (Å²) in [4.78, 5) is 8.69. The Kier molecular flexibility index (Phi) is 2.40. The van der Waals surface area contributed by atoms with E-state index in [0.717, 1.165) is 23.8 Å². The van der Waals surface area contributed by atoms with Crippen LogP contribution < -0.4 is 10.1 Å². The van der Waals surface area contributed by atoms with Gasteiger partial charge in [0.15, 0.2) is 11.9 Å². The minimum atomic E-state index is -0.0688. The smallest absolute Gasteiger partial charge is 0.171 e. The lowest BCUT2D eigenvalue weighted by Crippen LogP contribution is -2.09. The van der Waals surface area contributed by atoms with Gasteiger partial charge in [0, 0.05) is 19.7 Å². The third-order valence-electron chi connectivity index (χ3n) is 2.87. The Morgan fingerprint density at radius 2 is 2.18 bits per heavy atom. The minimum absolute atomic E-state index is 0.0688. The van der Waals surface area contributed by atoms with Crippen molar-refractivity contribution in [1.82, 2.24) is 9.97 Å². The second-order valence-electron chi connectivity index (χ2n) is 3.97. The van der Waals surface area contributed by atoms with Gasteiger partial charge in [-0.3, -0.25) is 0 Å². The molecule has 0 radical (unpaired) electrons. The molecule has 0 fully saturated rings. The molecule has 0 saturated heterocycles. The highest BCUT2D eigenvalue weighted by Gasteiger charge is 2.26. The molecular formula is C13H13N3O. The molecule has 0 spiro atoms. The van der Waals surface area contributed by atoms with Crippen LogP contribution >= 0.6 is 0 Å². The number of nitrogens with one attached hydrogen (secondary N) is 1. The number of nitrogens with zero attached hydrogens (tertiary/aromatic N) is 2. The van der Waals surface area contributed by atoms with Crippen LogP contribution in [0.15, 0.2) is 36.5 Å². The van der Waals surface area contributed by atoms with Gasteiger partial charge in [0.25, 0.3) is 0 Å². The van der Waals surface area contributed by atoms with E-state index in [0.29, 0.717) is 0 Å². The molecule has 4 nitrogen and oxygen atoms in total. The first-order chi connectivity index (χ1) is 8.36. The number of ether oxygens (including phenoxy) is 1. The van der Waals surface area contributed by atoms with Crippen LogP contribution in [0, 0.1) is 0 Å².